The Morgan fingerprint density at radius 1 is 1.32 bits per heavy atom. The van der Waals surface area contributed by atoms with Crippen LogP contribution in [0.15, 0.2) is 18.2 Å². The normalized spacial score (nSPS) is 35.6. The number of fused-ring (bicyclic) bond motifs is 2. The van der Waals surface area contributed by atoms with Crippen molar-refractivity contribution in [3.63, 3.8) is 0 Å². The van der Waals surface area contributed by atoms with Crippen molar-refractivity contribution in [1.29, 1.82) is 0 Å². The third-order valence-electron chi connectivity index (χ3n) is 5.50. The van der Waals surface area contributed by atoms with Gasteiger partial charge in [0.25, 0.3) is 0 Å². The van der Waals surface area contributed by atoms with E-state index in [1.54, 1.807) is 12.1 Å². The Morgan fingerprint density at radius 2 is 2.05 bits per heavy atom. The number of nitrogens with one attached hydrogen (secondary N) is 1. The molecule has 2 fully saturated rings. The van der Waals surface area contributed by atoms with Gasteiger partial charge >= 0.3 is 0 Å². The van der Waals surface area contributed by atoms with Crippen molar-refractivity contribution in [2.75, 3.05) is 5.32 Å². The number of halogens is 2. The largest absolute Gasteiger partial charge is 0.381 e. The van der Waals surface area contributed by atoms with Crippen LogP contribution in [-0.4, -0.2) is 6.04 Å². The molecular formula is C16H21ClFN. The highest BCUT2D eigenvalue weighted by Gasteiger charge is 2.59. The molecule has 1 aromatic carbocycles. The minimum atomic E-state index is -0.356. The monoisotopic (exact) mass is 281 g/mol. The molecule has 1 aromatic rings. The topological polar surface area (TPSA) is 12.0 Å². The molecule has 1 unspecified atom stereocenters. The molecule has 2 aliphatic carbocycles. The zero-order chi connectivity index (χ0) is 13.8. The molecule has 0 saturated heterocycles. The molecule has 19 heavy (non-hydrogen) atoms. The van der Waals surface area contributed by atoms with Gasteiger partial charge < -0.3 is 5.32 Å². The molecule has 2 aliphatic rings. The number of anilines is 1. The predicted molar refractivity (Wildman–Crippen MR) is 78.0 cm³/mol. The van der Waals surface area contributed by atoms with Crippen LogP contribution in [0.3, 0.4) is 0 Å². The van der Waals surface area contributed by atoms with E-state index >= 15 is 0 Å². The molecule has 0 amide bonds. The van der Waals surface area contributed by atoms with Crippen molar-refractivity contribution in [1.82, 2.24) is 0 Å². The molecule has 0 aliphatic heterocycles. The molecule has 3 atom stereocenters. The second-order valence-corrected chi connectivity index (χ2v) is 7.53. The molecule has 2 saturated carbocycles. The number of benzene rings is 1. The summed E-state index contributed by atoms with van der Waals surface area (Å²) in [6.07, 6.45) is 3.92. The fourth-order valence-corrected chi connectivity index (χ4v) is 4.60. The van der Waals surface area contributed by atoms with Crippen LogP contribution in [0.25, 0.3) is 0 Å². The molecule has 1 N–H and O–H groups in total. The van der Waals surface area contributed by atoms with Crippen LogP contribution in [-0.2, 0) is 0 Å². The Labute approximate surface area is 119 Å². The van der Waals surface area contributed by atoms with Crippen LogP contribution in [0.1, 0.15) is 40.0 Å². The zero-order valence-electron chi connectivity index (χ0n) is 11.8. The first-order valence-electron chi connectivity index (χ1n) is 7.04. The summed E-state index contributed by atoms with van der Waals surface area (Å²) in [4.78, 5) is 0. The van der Waals surface area contributed by atoms with Gasteiger partial charge in [0.15, 0.2) is 0 Å². The first-order valence-corrected chi connectivity index (χ1v) is 7.42. The average Bonchev–Trinajstić information content (AvgIpc) is 2.80. The van der Waals surface area contributed by atoms with E-state index in [9.17, 15) is 4.39 Å². The standard InChI is InChI=1S/C16H21ClFN/c1-15(2)10-6-7-16(3,9-10)14(15)19-11-4-5-13(18)12(17)8-11/h4-5,8,10,14,19H,6-7,9H2,1-3H3/t10-,14?,16+/m0/s1. The summed E-state index contributed by atoms with van der Waals surface area (Å²) in [6.45, 7) is 7.08. The minimum absolute atomic E-state index is 0.191. The molecule has 0 radical (unpaired) electrons. The maximum Gasteiger partial charge on any atom is 0.141 e. The van der Waals surface area contributed by atoms with Gasteiger partial charge in [0.1, 0.15) is 5.82 Å². The second kappa shape index (κ2) is 4.12. The van der Waals surface area contributed by atoms with Crippen LogP contribution < -0.4 is 5.32 Å². The molecule has 104 valence electrons. The molecule has 0 heterocycles. The van der Waals surface area contributed by atoms with Crippen molar-refractivity contribution in [2.24, 2.45) is 16.7 Å². The van der Waals surface area contributed by atoms with Crippen LogP contribution in [0.5, 0.6) is 0 Å². The van der Waals surface area contributed by atoms with Crippen molar-refractivity contribution in [2.45, 2.75) is 46.1 Å². The number of hydrogen-bond acceptors (Lipinski definition) is 1. The fourth-order valence-electron chi connectivity index (χ4n) is 4.41. The smallest absolute Gasteiger partial charge is 0.141 e. The highest BCUT2D eigenvalue weighted by molar-refractivity contribution is 6.31. The highest BCUT2D eigenvalue weighted by atomic mass is 35.5. The van der Waals surface area contributed by atoms with Crippen LogP contribution in [0.4, 0.5) is 10.1 Å². The first kappa shape index (κ1) is 13.2. The summed E-state index contributed by atoms with van der Waals surface area (Å²) < 4.78 is 13.2. The first-order chi connectivity index (χ1) is 8.83. The van der Waals surface area contributed by atoms with Crippen molar-refractivity contribution >= 4 is 17.3 Å². The summed E-state index contributed by atoms with van der Waals surface area (Å²) in [7, 11) is 0. The Kier molecular flexibility index (Phi) is 2.87. The summed E-state index contributed by atoms with van der Waals surface area (Å²) in [5.41, 5.74) is 1.57. The third-order valence-corrected chi connectivity index (χ3v) is 5.79. The van der Waals surface area contributed by atoms with E-state index < -0.39 is 0 Å². The summed E-state index contributed by atoms with van der Waals surface area (Å²) in [5.74, 6) is 0.441. The lowest BCUT2D eigenvalue weighted by molar-refractivity contribution is 0.155. The Morgan fingerprint density at radius 3 is 2.63 bits per heavy atom. The van der Waals surface area contributed by atoms with E-state index in [1.165, 1.54) is 25.3 Å². The van der Waals surface area contributed by atoms with Crippen LogP contribution >= 0.6 is 11.6 Å². The quantitative estimate of drug-likeness (QED) is 0.795. The fraction of sp³-hybridized carbons (Fsp3) is 0.625. The molecular weight excluding hydrogens is 261 g/mol. The second-order valence-electron chi connectivity index (χ2n) is 7.12. The van der Waals surface area contributed by atoms with Gasteiger partial charge in [-0.15, -0.1) is 0 Å². The summed E-state index contributed by atoms with van der Waals surface area (Å²) >= 11 is 5.87. The van der Waals surface area contributed by atoms with Gasteiger partial charge in [-0.05, 0) is 54.2 Å². The zero-order valence-corrected chi connectivity index (χ0v) is 12.5. The molecule has 0 spiro atoms. The lowest BCUT2D eigenvalue weighted by Crippen LogP contribution is -2.45. The maximum absolute atomic E-state index is 13.2. The Balaban J connectivity index is 1.88. The van der Waals surface area contributed by atoms with Crippen molar-refractivity contribution < 1.29 is 4.39 Å². The number of hydrogen-bond donors (Lipinski definition) is 1. The SMILES string of the molecule is CC1(C)C(Nc2ccc(F)c(Cl)c2)[C@]2(C)CC[C@H]1C2. The van der Waals surface area contributed by atoms with Gasteiger partial charge in [0, 0.05) is 11.7 Å². The average molecular weight is 282 g/mol. The number of rotatable bonds is 2. The van der Waals surface area contributed by atoms with Crippen molar-refractivity contribution in [3.8, 4) is 0 Å². The molecule has 3 rings (SSSR count). The minimum Gasteiger partial charge on any atom is -0.381 e. The van der Waals surface area contributed by atoms with Gasteiger partial charge in [0.05, 0.1) is 5.02 Å². The van der Waals surface area contributed by atoms with Crippen LogP contribution in [0, 0.1) is 22.6 Å². The summed E-state index contributed by atoms with van der Waals surface area (Å²) in [6, 6.07) is 5.35. The van der Waals surface area contributed by atoms with Gasteiger partial charge in [-0.2, -0.15) is 0 Å². The predicted octanol–water partition coefficient (Wildman–Crippen LogP) is 5.11. The molecule has 3 heteroatoms. The lowest BCUT2D eigenvalue weighted by Gasteiger charge is -2.43. The Bertz CT molecular complexity index is 509. The maximum atomic E-state index is 13.2. The van der Waals surface area contributed by atoms with Gasteiger partial charge in [-0.25, -0.2) is 4.39 Å². The van der Waals surface area contributed by atoms with E-state index in [2.05, 4.69) is 26.1 Å². The van der Waals surface area contributed by atoms with Crippen molar-refractivity contribution in [3.05, 3.63) is 29.0 Å². The van der Waals surface area contributed by atoms with E-state index in [4.69, 9.17) is 11.6 Å². The van der Waals surface area contributed by atoms with E-state index in [1.807, 2.05) is 0 Å². The van der Waals surface area contributed by atoms with E-state index in [-0.39, 0.29) is 16.3 Å². The lowest BCUT2D eigenvalue weighted by atomic mass is 9.68. The molecule has 2 bridgehead atoms. The molecule has 0 aromatic heterocycles. The van der Waals surface area contributed by atoms with Gasteiger partial charge in [-0.1, -0.05) is 32.4 Å². The van der Waals surface area contributed by atoms with E-state index in [0.29, 0.717) is 11.5 Å². The Hall–Kier alpha value is -0.760. The van der Waals surface area contributed by atoms with Gasteiger partial charge in [-0.3, -0.25) is 0 Å². The highest BCUT2D eigenvalue weighted by Crippen LogP contribution is 2.63. The summed E-state index contributed by atoms with van der Waals surface area (Å²) in [5, 5.41) is 3.81. The van der Waals surface area contributed by atoms with E-state index in [0.717, 1.165) is 11.6 Å². The molecule has 1 nitrogen and oxygen atoms in total. The van der Waals surface area contributed by atoms with Gasteiger partial charge in [0.2, 0.25) is 0 Å². The third kappa shape index (κ3) is 1.96. The van der Waals surface area contributed by atoms with Crippen LogP contribution in [0.2, 0.25) is 5.02 Å².